The van der Waals surface area contributed by atoms with Gasteiger partial charge in [-0.15, -0.1) is 0 Å². The Kier molecular flexibility index (Phi) is 4.04. The van der Waals surface area contributed by atoms with E-state index in [0.717, 1.165) is 6.42 Å². The molecule has 7 heteroatoms. The van der Waals surface area contributed by atoms with Crippen LogP contribution in [0.4, 0.5) is 11.4 Å². The normalized spacial score (nSPS) is 22.2. The number of benzene rings is 1. The fraction of sp³-hybridized carbons (Fsp3) is 0.417. The van der Waals surface area contributed by atoms with Gasteiger partial charge in [-0.3, -0.25) is 14.9 Å². The van der Waals surface area contributed by atoms with Gasteiger partial charge in [-0.05, 0) is 25.0 Å². The first-order valence-corrected chi connectivity index (χ1v) is 6.71. The number of nitrogens with zero attached hydrogens (tertiary/aromatic N) is 1. The van der Waals surface area contributed by atoms with Crippen LogP contribution in [-0.2, 0) is 4.79 Å². The van der Waals surface area contributed by atoms with Crippen molar-refractivity contribution in [2.45, 2.75) is 25.3 Å². The molecular weight excluding hydrogens is 316 g/mol. The fourth-order valence-electron chi connectivity index (χ4n) is 2.41. The predicted octanol–water partition coefficient (Wildman–Crippen LogP) is 3.02. The van der Waals surface area contributed by atoms with E-state index >= 15 is 0 Å². The Morgan fingerprint density at radius 2 is 2.21 bits per heavy atom. The molecule has 0 amide bonds. The monoisotopic (exact) mass is 328 g/mol. The van der Waals surface area contributed by atoms with Crippen LogP contribution >= 0.6 is 15.9 Å². The first kappa shape index (κ1) is 13.8. The van der Waals surface area contributed by atoms with Crippen LogP contribution in [0, 0.1) is 16.0 Å². The highest BCUT2D eigenvalue weighted by atomic mass is 79.9. The molecule has 0 bridgehead atoms. The molecule has 19 heavy (non-hydrogen) atoms. The standard InChI is InChI=1S/C12H13BrN2O4/c13-7-4-5-11(15(18)19)10(6-7)14-9-3-1-2-8(9)12(16)17/h4-6,8-9,14H,1-3H2,(H,16,17). The lowest BCUT2D eigenvalue weighted by Gasteiger charge is -2.18. The molecular formula is C12H13BrN2O4. The van der Waals surface area contributed by atoms with Crippen molar-refractivity contribution in [1.82, 2.24) is 0 Å². The van der Waals surface area contributed by atoms with Gasteiger partial charge in [0.15, 0.2) is 0 Å². The maximum absolute atomic E-state index is 11.1. The fourth-order valence-corrected chi connectivity index (χ4v) is 2.77. The molecule has 1 aromatic rings. The van der Waals surface area contributed by atoms with E-state index in [1.165, 1.54) is 6.07 Å². The molecule has 0 aromatic heterocycles. The summed E-state index contributed by atoms with van der Waals surface area (Å²) in [4.78, 5) is 21.6. The van der Waals surface area contributed by atoms with Crippen LogP contribution in [0.5, 0.6) is 0 Å². The molecule has 2 atom stereocenters. The summed E-state index contributed by atoms with van der Waals surface area (Å²) < 4.78 is 0.713. The van der Waals surface area contributed by atoms with E-state index in [1.54, 1.807) is 12.1 Å². The number of carboxylic acids is 1. The number of halogens is 1. The summed E-state index contributed by atoms with van der Waals surface area (Å²) in [5.74, 6) is -1.34. The molecule has 1 aromatic carbocycles. The molecule has 0 saturated heterocycles. The highest BCUT2D eigenvalue weighted by Gasteiger charge is 2.33. The van der Waals surface area contributed by atoms with Crippen molar-refractivity contribution in [2.75, 3.05) is 5.32 Å². The zero-order chi connectivity index (χ0) is 14.0. The largest absolute Gasteiger partial charge is 0.481 e. The lowest BCUT2D eigenvalue weighted by molar-refractivity contribution is -0.384. The Morgan fingerprint density at radius 1 is 1.47 bits per heavy atom. The second-order valence-corrected chi connectivity index (χ2v) is 5.46. The molecule has 0 aliphatic heterocycles. The molecule has 0 heterocycles. The van der Waals surface area contributed by atoms with Gasteiger partial charge < -0.3 is 10.4 Å². The van der Waals surface area contributed by atoms with Gasteiger partial charge in [-0.25, -0.2) is 0 Å². The number of hydrogen-bond acceptors (Lipinski definition) is 4. The molecule has 6 nitrogen and oxygen atoms in total. The van der Waals surface area contributed by atoms with Crippen molar-refractivity contribution >= 4 is 33.3 Å². The number of nitro groups is 1. The lowest BCUT2D eigenvalue weighted by atomic mass is 10.0. The van der Waals surface area contributed by atoms with Gasteiger partial charge in [0.25, 0.3) is 5.69 Å². The molecule has 2 N–H and O–H groups in total. The Bertz CT molecular complexity index is 520. The second kappa shape index (κ2) is 5.56. The highest BCUT2D eigenvalue weighted by molar-refractivity contribution is 9.10. The van der Waals surface area contributed by atoms with Crippen LogP contribution in [0.15, 0.2) is 22.7 Å². The van der Waals surface area contributed by atoms with Crippen LogP contribution < -0.4 is 5.32 Å². The van der Waals surface area contributed by atoms with Crippen LogP contribution in [0.2, 0.25) is 0 Å². The Balaban J connectivity index is 2.25. The minimum atomic E-state index is -0.854. The van der Waals surface area contributed by atoms with Crippen LogP contribution in [0.25, 0.3) is 0 Å². The van der Waals surface area contributed by atoms with Crippen molar-refractivity contribution in [3.8, 4) is 0 Å². The third-order valence-electron chi connectivity index (χ3n) is 3.33. The smallest absolute Gasteiger partial charge is 0.308 e. The molecule has 1 fully saturated rings. The minimum Gasteiger partial charge on any atom is -0.481 e. The number of carboxylic acid groups (broad SMARTS) is 1. The molecule has 102 valence electrons. The summed E-state index contributed by atoms with van der Waals surface area (Å²) >= 11 is 3.26. The Labute approximate surface area is 118 Å². The van der Waals surface area contributed by atoms with Gasteiger partial charge in [-0.2, -0.15) is 0 Å². The average molecular weight is 329 g/mol. The van der Waals surface area contributed by atoms with Gasteiger partial charge in [0.05, 0.1) is 10.8 Å². The van der Waals surface area contributed by atoms with E-state index in [2.05, 4.69) is 21.2 Å². The van der Waals surface area contributed by atoms with Gasteiger partial charge in [0, 0.05) is 16.6 Å². The predicted molar refractivity (Wildman–Crippen MR) is 73.2 cm³/mol. The first-order chi connectivity index (χ1) is 8.99. The lowest BCUT2D eigenvalue weighted by Crippen LogP contribution is -2.30. The van der Waals surface area contributed by atoms with E-state index in [-0.39, 0.29) is 11.7 Å². The molecule has 2 unspecified atom stereocenters. The number of rotatable bonds is 4. The maximum Gasteiger partial charge on any atom is 0.308 e. The third kappa shape index (κ3) is 3.04. The van der Waals surface area contributed by atoms with E-state index in [9.17, 15) is 14.9 Å². The zero-order valence-electron chi connectivity index (χ0n) is 10.0. The molecule has 2 rings (SSSR count). The number of aliphatic carboxylic acids is 1. The minimum absolute atomic E-state index is 0.0424. The topological polar surface area (TPSA) is 92.5 Å². The van der Waals surface area contributed by atoms with Crippen molar-refractivity contribution in [3.63, 3.8) is 0 Å². The Hall–Kier alpha value is -1.63. The highest BCUT2D eigenvalue weighted by Crippen LogP contribution is 2.33. The maximum atomic E-state index is 11.1. The summed E-state index contributed by atoms with van der Waals surface area (Å²) in [6, 6.07) is 4.34. The summed E-state index contributed by atoms with van der Waals surface area (Å²) in [6.45, 7) is 0. The number of hydrogen-bond donors (Lipinski definition) is 2. The van der Waals surface area contributed by atoms with Crippen LogP contribution in [0.1, 0.15) is 19.3 Å². The molecule has 1 aliphatic carbocycles. The second-order valence-electron chi connectivity index (χ2n) is 4.55. The van der Waals surface area contributed by atoms with E-state index < -0.39 is 16.8 Å². The number of nitro benzene ring substituents is 1. The molecule has 0 radical (unpaired) electrons. The summed E-state index contributed by atoms with van der Waals surface area (Å²) in [5, 5.41) is 23.1. The SMILES string of the molecule is O=C(O)C1CCCC1Nc1cc(Br)ccc1[N+](=O)[O-]. The van der Waals surface area contributed by atoms with Crippen molar-refractivity contribution in [2.24, 2.45) is 5.92 Å². The summed E-state index contributed by atoms with van der Waals surface area (Å²) in [5.41, 5.74) is 0.316. The van der Waals surface area contributed by atoms with Gasteiger partial charge in [0.2, 0.25) is 0 Å². The number of carbonyl (C=O) groups is 1. The van der Waals surface area contributed by atoms with Crippen LogP contribution in [-0.4, -0.2) is 22.0 Å². The quantitative estimate of drug-likeness (QED) is 0.654. The van der Waals surface area contributed by atoms with Crippen molar-refractivity contribution < 1.29 is 14.8 Å². The first-order valence-electron chi connectivity index (χ1n) is 5.92. The number of nitrogens with one attached hydrogen (secondary N) is 1. The van der Waals surface area contributed by atoms with E-state index in [0.29, 0.717) is 23.0 Å². The summed E-state index contributed by atoms with van der Waals surface area (Å²) in [6.07, 6.45) is 2.13. The van der Waals surface area contributed by atoms with E-state index in [4.69, 9.17) is 5.11 Å². The third-order valence-corrected chi connectivity index (χ3v) is 3.82. The van der Waals surface area contributed by atoms with E-state index in [1.807, 2.05) is 0 Å². The van der Waals surface area contributed by atoms with Crippen molar-refractivity contribution in [3.05, 3.63) is 32.8 Å². The Morgan fingerprint density at radius 3 is 2.84 bits per heavy atom. The van der Waals surface area contributed by atoms with Gasteiger partial charge in [0.1, 0.15) is 5.69 Å². The molecule has 1 aliphatic rings. The molecule has 0 spiro atoms. The molecule has 1 saturated carbocycles. The summed E-state index contributed by atoms with van der Waals surface area (Å²) in [7, 11) is 0. The van der Waals surface area contributed by atoms with Gasteiger partial charge in [-0.1, -0.05) is 22.4 Å². The number of anilines is 1. The average Bonchev–Trinajstić information content (AvgIpc) is 2.76. The zero-order valence-corrected chi connectivity index (χ0v) is 11.6. The van der Waals surface area contributed by atoms with Crippen molar-refractivity contribution in [1.29, 1.82) is 0 Å². The van der Waals surface area contributed by atoms with Crippen LogP contribution in [0.3, 0.4) is 0 Å². The van der Waals surface area contributed by atoms with Gasteiger partial charge >= 0.3 is 5.97 Å².